The van der Waals surface area contributed by atoms with Crippen LogP contribution in [0.3, 0.4) is 0 Å². The van der Waals surface area contributed by atoms with Gasteiger partial charge in [0.2, 0.25) is 0 Å². The molecule has 17 heavy (non-hydrogen) atoms. The Morgan fingerprint density at radius 1 is 0.941 bits per heavy atom. The Bertz CT molecular complexity index is 319. The van der Waals surface area contributed by atoms with E-state index in [2.05, 4.69) is 32.0 Å². The molecule has 0 amide bonds. The van der Waals surface area contributed by atoms with Crippen LogP contribution in [0.5, 0.6) is 0 Å². The Labute approximate surface area is 107 Å². The molecule has 0 saturated heterocycles. The average molecular weight is 232 g/mol. The maximum absolute atomic E-state index is 2.38. The minimum absolute atomic E-state index is 0.959. The molecule has 0 aliphatic heterocycles. The Balaban J connectivity index is 0.000000686. The van der Waals surface area contributed by atoms with Crippen molar-refractivity contribution in [3.8, 4) is 0 Å². The van der Waals surface area contributed by atoms with Crippen LogP contribution in [-0.2, 0) is 6.42 Å². The molecule has 2 rings (SSSR count). The van der Waals surface area contributed by atoms with E-state index in [0.717, 1.165) is 5.92 Å². The van der Waals surface area contributed by atoms with Crippen molar-refractivity contribution < 1.29 is 0 Å². The lowest BCUT2D eigenvalue weighted by atomic mass is 9.84. The lowest BCUT2D eigenvalue weighted by molar-refractivity contribution is 0.356. The third-order valence-corrected chi connectivity index (χ3v) is 3.82. The summed E-state index contributed by atoms with van der Waals surface area (Å²) in [5, 5.41) is 0. The average Bonchev–Trinajstić information content (AvgIpc) is 2.38. The van der Waals surface area contributed by atoms with Gasteiger partial charge in [-0.2, -0.15) is 0 Å². The summed E-state index contributed by atoms with van der Waals surface area (Å²) < 4.78 is 0. The van der Waals surface area contributed by atoms with E-state index >= 15 is 0 Å². The van der Waals surface area contributed by atoms with E-state index in [1.165, 1.54) is 49.7 Å². The number of benzene rings is 1. The topological polar surface area (TPSA) is 0 Å². The van der Waals surface area contributed by atoms with E-state index in [-0.39, 0.29) is 0 Å². The van der Waals surface area contributed by atoms with Gasteiger partial charge < -0.3 is 0 Å². The highest BCUT2D eigenvalue weighted by Crippen LogP contribution is 2.27. The molecule has 0 aromatic heterocycles. The summed E-state index contributed by atoms with van der Waals surface area (Å²) in [5.41, 5.74) is 4.41. The molecule has 1 aliphatic rings. The molecule has 1 aromatic carbocycles. The van der Waals surface area contributed by atoms with Crippen molar-refractivity contribution in [3.05, 3.63) is 34.9 Å². The minimum atomic E-state index is 0.959. The van der Waals surface area contributed by atoms with Crippen molar-refractivity contribution in [2.24, 2.45) is 5.92 Å². The Morgan fingerprint density at radius 2 is 1.59 bits per heavy atom. The molecule has 1 saturated carbocycles. The second kappa shape index (κ2) is 7.53. The van der Waals surface area contributed by atoms with Crippen molar-refractivity contribution in [2.75, 3.05) is 0 Å². The Kier molecular flexibility index (Phi) is 6.32. The predicted molar refractivity (Wildman–Crippen MR) is 77.5 cm³/mol. The molecule has 0 radical (unpaired) electrons. The minimum Gasteiger partial charge on any atom is -0.0683 e. The van der Waals surface area contributed by atoms with E-state index in [4.69, 9.17) is 0 Å². The maximum Gasteiger partial charge on any atom is -0.0250 e. The van der Waals surface area contributed by atoms with Gasteiger partial charge in [-0.25, -0.2) is 0 Å². The van der Waals surface area contributed by atoms with Gasteiger partial charge in [-0.3, -0.25) is 0 Å². The lowest BCUT2D eigenvalue weighted by Gasteiger charge is -2.21. The maximum atomic E-state index is 2.38. The molecular formula is C17H28. The largest absolute Gasteiger partial charge is 0.0683 e. The summed E-state index contributed by atoms with van der Waals surface area (Å²) in [4.78, 5) is 0. The standard InChI is InChI=1S/C15H22.C2H6/c1-12-8-9-15(10-13(12)2)11-14-6-4-3-5-7-14;1-2/h8-10,14H,3-7,11H2,1-2H3;1-2H3. The van der Waals surface area contributed by atoms with E-state index < -0.39 is 0 Å². The second-order valence-electron chi connectivity index (χ2n) is 5.13. The van der Waals surface area contributed by atoms with Crippen LogP contribution in [0.25, 0.3) is 0 Å². The zero-order valence-corrected chi connectivity index (χ0v) is 12.1. The van der Waals surface area contributed by atoms with Crippen LogP contribution in [0, 0.1) is 19.8 Å². The van der Waals surface area contributed by atoms with Crippen molar-refractivity contribution in [3.63, 3.8) is 0 Å². The normalized spacial score (nSPS) is 16.2. The fourth-order valence-corrected chi connectivity index (χ4v) is 2.66. The summed E-state index contributed by atoms with van der Waals surface area (Å²) in [6.07, 6.45) is 8.58. The summed E-state index contributed by atoms with van der Waals surface area (Å²) >= 11 is 0. The Morgan fingerprint density at radius 3 is 2.18 bits per heavy atom. The molecule has 1 aromatic rings. The van der Waals surface area contributed by atoms with Gasteiger partial charge >= 0.3 is 0 Å². The van der Waals surface area contributed by atoms with Crippen LogP contribution in [-0.4, -0.2) is 0 Å². The fourth-order valence-electron chi connectivity index (χ4n) is 2.66. The van der Waals surface area contributed by atoms with Gasteiger partial charge in [-0.05, 0) is 42.9 Å². The molecule has 0 N–H and O–H groups in total. The van der Waals surface area contributed by atoms with Gasteiger partial charge in [0.1, 0.15) is 0 Å². The summed E-state index contributed by atoms with van der Waals surface area (Å²) in [6, 6.07) is 6.97. The summed E-state index contributed by atoms with van der Waals surface area (Å²) in [7, 11) is 0. The van der Waals surface area contributed by atoms with Crippen molar-refractivity contribution in [1.82, 2.24) is 0 Å². The molecule has 1 fully saturated rings. The fraction of sp³-hybridized carbons (Fsp3) is 0.647. The first kappa shape index (κ1) is 14.3. The zero-order valence-electron chi connectivity index (χ0n) is 12.1. The highest BCUT2D eigenvalue weighted by Gasteiger charge is 2.13. The van der Waals surface area contributed by atoms with Gasteiger partial charge in [-0.15, -0.1) is 0 Å². The highest BCUT2D eigenvalue weighted by atomic mass is 14.2. The first-order valence-electron chi connectivity index (χ1n) is 7.32. The Hall–Kier alpha value is -0.780. The number of hydrogen-bond donors (Lipinski definition) is 0. The van der Waals surface area contributed by atoms with E-state index in [9.17, 15) is 0 Å². The monoisotopic (exact) mass is 232 g/mol. The first-order valence-corrected chi connectivity index (χ1v) is 7.32. The van der Waals surface area contributed by atoms with E-state index in [0.29, 0.717) is 0 Å². The van der Waals surface area contributed by atoms with E-state index in [1.807, 2.05) is 13.8 Å². The van der Waals surface area contributed by atoms with Crippen LogP contribution in [0.2, 0.25) is 0 Å². The highest BCUT2D eigenvalue weighted by molar-refractivity contribution is 5.30. The van der Waals surface area contributed by atoms with Crippen molar-refractivity contribution >= 4 is 0 Å². The van der Waals surface area contributed by atoms with Gasteiger partial charge in [0, 0.05) is 0 Å². The molecule has 0 atom stereocenters. The summed E-state index contributed by atoms with van der Waals surface area (Å²) in [5.74, 6) is 0.959. The van der Waals surface area contributed by atoms with Gasteiger partial charge in [0.25, 0.3) is 0 Å². The van der Waals surface area contributed by atoms with Crippen LogP contribution < -0.4 is 0 Å². The second-order valence-corrected chi connectivity index (χ2v) is 5.13. The molecule has 96 valence electrons. The number of rotatable bonds is 2. The number of aryl methyl sites for hydroxylation is 2. The van der Waals surface area contributed by atoms with Gasteiger partial charge in [-0.1, -0.05) is 64.2 Å². The van der Waals surface area contributed by atoms with E-state index in [1.54, 1.807) is 5.56 Å². The van der Waals surface area contributed by atoms with Crippen molar-refractivity contribution in [2.45, 2.75) is 66.2 Å². The molecular weight excluding hydrogens is 204 g/mol. The third kappa shape index (κ3) is 4.53. The van der Waals surface area contributed by atoms with Crippen LogP contribution in [0.1, 0.15) is 62.6 Å². The van der Waals surface area contributed by atoms with Crippen molar-refractivity contribution in [1.29, 1.82) is 0 Å². The molecule has 0 bridgehead atoms. The molecule has 0 unspecified atom stereocenters. The SMILES string of the molecule is CC.Cc1ccc(CC2CCCCC2)cc1C. The number of hydrogen-bond acceptors (Lipinski definition) is 0. The first-order chi connectivity index (χ1) is 8.25. The van der Waals surface area contributed by atoms with Crippen LogP contribution in [0.4, 0.5) is 0 Å². The van der Waals surface area contributed by atoms with Gasteiger partial charge in [0.15, 0.2) is 0 Å². The third-order valence-electron chi connectivity index (χ3n) is 3.82. The molecule has 1 aliphatic carbocycles. The molecule has 0 spiro atoms. The molecule has 0 nitrogen and oxygen atoms in total. The summed E-state index contributed by atoms with van der Waals surface area (Å²) in [6.45, 7) is 8.42. The van der Waals surface area contributed by atoms with Crippen LogP contribution >= 0.6 is 0 Å². The molecule has 0 heterocycles. The quantitative estimate of drug-likeness (QED) is 0.636. The lowest BCUT2D eigenvalue weighted by Crippen LogP contribution is -2.09. The van der Waals surface area contributed by atoms with Crippen LogP contribution in [0.15, 0.2) is 18.2 Å². The molecule has 0 heteroatoms. The predicted octanol–water partition coefficient (Wildman–Crippen LogP) is 5.45. The van der Waals surface area contributed by atoms with Gasteiger partial charge in [0.05, 0.1) is 0 Å². The zero-order chi connectivity index (χ0) is 12.7. The smallest absolute Gasteiger partial charge is 0.0250 e.